The van der Waals surface area contributed by atoms with E-state index < -0.39 is 0 Å². The fourth-order valence-electron chi connectivity index (χ4n) is 2.62. The van der Waals surface area contributed by atoms with E-state index in [2.05, 4.69) is 20.3 Å². The van der Waals surface area contributed by atoms with Crippen LogP contribution >= 0.6 is 0 Å². The van der Waals surface area contributed by atoms with Crippen LogP contribution in [0, 0.1) is 5.92 Å². The van der Waals surface area contributed by atoms with Crippen LogP contribution in [0.4, 0.5) is 5.69 Å². The number of rotatable bonds is 2. The molecule has 5 nitrogen and oxygen atoms in total. The van der Waals surface area contributed by atoms with Crippen molar-refractivity contribution >= 4 is 11.6 Å². The lowest BCUT2D eigenvalue weighted by molar-refractivity contribution is -0.120. The number of carbonyl (C=O) groups excluding carboxylic acids is 1. The van der Waals surface area contributed by atoms with E-state index in [4.69, 9.17) is 0 Å². The predicted molar refractivity (Wildman–Crippen MR) is 53.2 cm³/mol. The van der Waals surface area contributed by atoms with Crippen molar-refractivity contribution in [3.8, 4) is 0 Å². The van der Waals surface area contributed by atoms with Gasteiger partial charge in [-0.15, -0.1) is 0 Å². The average Bonchev–Trinajstić information content (AvgIpc) is 2.93. The molecule has 2 saturated heterocycles. The third kappa shape index (κ3) is 1.52. The first kappa shape index (κ1) is 8.91. The van der Waals surface area contributed by atoms with E-state index in [-0.39, 0.29) is 11.8 Å². The van der Waals surface area contributed by atoms with Crippen LogP contribution in [-0.2, 0) is 4.79 Å². The van der Waals surface area contributed by atoms with E-state index in [1.54, 1.807) is 0 Å². The first-order valence-electron chi connectivity index (χ1n) is 5.29. The van der Waals surface area contributed by atoms with Crippen LogP contribution in [0.5, 0.6) is 0 Å². The Morgan fingerprint density at radius 2 is 2.53 bits per heavy atom. The summed E-state index contributed by atoms with van der Waals surface area (Å²) in [6, 6.07) is 0.920. The van der Waals surface area contributed by atoms with Crippen molar-refractivity contribution in [2.45, 2.75) is 31.3 Å². The van der Waals surface area contributed by atoms with Gasteiger partial charge in [0.25, 0.3) is 0 Å². The van der Waals surface area contributed by atoms with E-state index in [9.17, 15) is 4.79 Å². The molecule has 0 aliphatic carbocycles. The molecule has 2 aliphatic rings. The second-order valence-electron chi connectivity index (χ2n) is 4.29. The van der Waals surface area contributed by atoms with Gasteiger partial charge in [0, 0.05) is 12.1 Å². The molecule has 3 heterocycles. The zero-order valence-corrected chi connectivity index (χ0v) is 8.27. The van der Waals surface area contributed by atoms with Gasteiger partial charge in [0.1, 0.15) is 12.0 Å². The Bertz CT molecular complexity index is 363. The van der Waals surface area contributed by atoms with Gasteiger partial charge in [-0.2, -0.15) is 0 Å². The summed E-state index contributed by atoms with van der Waals surface area (Å²) in [7, 11) is 0. The molecule has 0 saturated carbocycles. The number of aromatic nitrogens is 1. The number of amides is 1. The van der Waals surface area contributed by atoms with Crippen molar-refractivity contribution in [3.63, 3.8) is 0 Å². The lowest BCUT2D eigenvalue weighted by Crippen LogP contribution is -2.32. The third-order valence-electron chi connectivity index (χ3n) is 3.34. The van der Waals surface area contributed by atoms with Gasteiger partial charge in [0.15, 0.2) is 0 Å². The summed E-state index contributed by atoms with van der Waals surface area (Å²) in [6.07, 6.45) is 6.24. The molecule has 5 heteroatoms. The molecule has 1 aromatic rings. The molecule has 0 spiro atoms. The number of nitrogens with zero attached hydrogens (tertiary/aromatic N) is 1. The zero-order chi connectivity index (χ0) is 10.3. The van der Waals surface area contributed by atoms with E-state index in [1.165, 1.54) is 18.9 Å². The van der Waals surface area contributed by atoms with Crippen LogP contribution in [-0.4, -0.2) is 23.1 Å². The maximum atomic E-state index is 11.9. The predicted octanol–water partition coefficient (Wildman–Crippen LogP) is 0.754. The van der Waals surface area contributed by atoms with E-state index in [0.717, 1.165) is 12.8 Å². The van der Waals surface area contributed by atoms with Crippen molar-refractivity contribution in [3.05, 3.63) is 12.5 Å². The SMILES string of the molecule is O=C(Nc1cnoc1)C1CC2CCC1N2. The molecule has 0 radical (unpaired) electrons. The van der Waals surface area contributed by atoms with Gasteiger partial charge in [-0.25, -0.2) is 0 Å². The van der Waals surface area contributed by atoms with Crippen molar-refractivity contribution < 1.29 is 9.32 Å². The highest BCUT2D eigenvalue weighted by Gasteiger charge is 2.42. The van der Waals surface area contributed by atoms with Crippen molar-refractivity contribution in [2.75, 3.05) is 5.32 Å². The second-order valence-corrected chi connectivity index (χ2v) is 4.29. The lowest BCUT2D eigenvalue weighted by atomic mass is 9.88. The molecule has 3 rings (SSSR count). The minimum Gasteiger partial charge on any atom is -0.363 e. The molecule has 2 N–H and O–H groups in total. The molecule has 2 fully saturated rings. The highest BCUT2D eigenvalue weighted by atomic mass is 16.5. The van der Waals surface area contributed by atoms with Crippen LogP contribution in [0.1, 0.15) is 19.3 Å². The molecule has 15 heavy (non-hydrogen) atoms. The summed E-state index contributed by atoms with van der Waals surface area (Å²) in [5.74, 6) is 0.191. The van der Waals surface area contributed by atoms with Gasteiger partial charge in [-0.05, 0) is 19.3 Å². The van der Waals surface area contributed by atoms with Gasteiger partial charge < -0.3 is 15.2 Å². The molecule has 1 amide bonds. The van der Waals surface area contributed by atoms with E-state index in [1.807, 2.05) is 0 Å². The molecule has 3 unspecified atom stereocenters. The molecular weight excluding hydrogens is 194 g/mol. The van der Waals surface area contributed by atoms with Crippen LogP contribution < -0.4 is 10.6 Å². The molecule has 2 bridgehead atoms. The molecule has 0 aromatic carbocycles. The summed E-state index contributed by atoms with van der Waals surface area (Å²) < 4.78 is 4.66. The van der Waals surface area contributed by atoms with Crippen LogP contribution in [0.25, 0.3) is 0 Å². The summed E-state index contributed by atoms with van der Waals surface area (Å²) >= 11 is 0. The second kappa shape index (κ2) is 3.34. The number of nitrogens with one attached hydrogen (secondary N) is 2. The topological polar surface area (TPSA) is 67.2 Å². The highest BCUT2D eigenvalue weighted by Crippen LogP contribution is 2.33. The van der Waals surface area contributed by atoms with Crippen molar-refractivity contribution in [2.24, 2.45) is 5.92 Å². The Labute approximate surface area is 87.2 Å². The summed E-state index contributed by atoms with van der Waals surface area (Å²) in [6.45, 7) is 0. The number of hydrogen-bond donors (Lipinski definition) is 2. The Morgan fingerprint density at radius 1 is 1.60 bits per heavy atom. The first-order valence-corrected chi connectivity index (χ1v) is 5.29. The first-order chi connectivity index (χ1) is 7.33. The lowest BCUT2D eigenvalue weighted by Gasteiger charge is -2.18. The van der Waals surface area contributed by atoms with Gasteiger partial charge in [-0.3, -0.25) is 4.79 Å². The van der Waals surface area contributed by atoms with E-state index >= 15 is 0 Å². The maximum Gasteiger partial charge on any atom is 0.229 e. The molecule has 80 valence electrons. The summed E-state index contributed by atoms with van der Waals surface area (Å²) in [5, 5.41) is 9.80. The summed E-state index contributed by atoms with van der Waals surface area (Å²) in [4.78, 5) is 11.9. The fourth-order valence-corrected chi connectivity index (χ4v) is 2.62. The van der Waals surface area contributed by atoms with Gasteiger partial charge >= 0.3 is 0 Å². The zero-order valence-electron chi connectivity index (χ0n) is 8.27. The number of fused-ring (bicyclic) bond motifs is 2. The highest BCUT2D eigenvalue weighted by molar-refractivity contribution is 5.93. The quantitative estimate of drug-likeness (QED) is 0.751. The molecular formula is C10H13N3O2. The largest absolute Gasteiger partial charge is 0.363 e. The minimum absolute atomic E-state index is 0.0814. The van der Waals surface area contributed by atoms with Crippen LogP contribution in [0.15, 0.2) is 17.0 Å². The number of carbonyl (C=O) groups is 1. The molecule has 2 aliphatic heterocycles. The average molecular weight is 207 g/mol. The number of anilines is 1. The van der Waals surface area contributed by atoms with Gasteiger partial charge in [-0.1, -0.05) is 5.16 Å². The smallest absolute Gasteiger partial charge is 0.229 e. The standard InChI is InChI=1S/C10H13N3O2/c14-10(13-7-4-11-15-5-7)8-3-6-1-2-9(8)12-6/h4-6,8-9,12H,1-3H2,(H,13,14). The van der Waals surface area contributed by atoms with Gasteiger partial charge in [0.2, 0.25) is 5.91 Å². The van der Waals surface area contributed by atoms with Crippen molar-refractivity contribution in [1.29, 1.82) is 0 Å². The van der Waals surface area contributed by atoms with E-state index in [0.29, 0.717) is 17.8 Å². The van der Waals surface area contributed by atoms with Crippen molar-refractivity contribution in [1.82, 2.24) is 10.5 Å². The number of hydrogen-bond acceptors (Lipinski definition) is 4. The Morgan fingerprint density at radius 3 is 3.13 bits per heavy atom. The normalized spacial score (nSPS) is 33.2. The fraction of sp³-hybridized carbons (Fsp3) is 0.600. The Kier molecular flexibility index (Phi) is 1.98. The maximum absolute atomic E-state index is 11.9. The molecule has 3 atom stereocenters. The third-order valence-corrected chi connectivity index (χ3v) is 3.34. The van der Waals surface area contributed by atoms with Crippen LogP contribution in [0.3, 0.4) is 0 Å². The van der Waals surface area contributed by atoms with Crippen LogP contribution in [0.2, 0.25) is 0 Å². The Hall–Kier alpha value is -1.36. The molecule has 1 aromatic heterocycles. The monoisotopic (exact) mass is 207 g/mol. The minimum atomic E-state index is 0.0814. The Balaban J connectivity index is 1.66. The van der Waals surface area contributed by atoms with Gasteiger partial charge in [0.05, 0.1) is 12.1 Å². The summed E-state index contributed by atoms with van der Waals surface area (Å²) in [5.41, 5.74) is 0.641.